The van der Waals surface area contributed by atoms with Gasteiger partial charge in [0.2, 0.25) is 5.91 Å². The van der Waals surface area contributed by atoms with Crippen molar-refractivity contribution in [2.24, 2.45) is 5.92 Å². The zero-order chi connectivity index (χ0) is 12.1. The fourth-order valence-corrected chi connectivity index (χ4v) is 3.62. The standard InChI is InChI=1S/C13H21NO2S/c15-12(9-11-3-1-2-4-11)14-10-13(16)5-7-17-8-6-13/h1,3,11,16H,2,4-10H2,(H,14,15). The number of carbonyl (C=O) groups is 1. The van der Waals surface area contributed by atoms with Crippen molar-refractivity contribution in [2.45, 2.75) is 37.7 Å². The summed E-state index contributed by atoms with van der Waals surface area (Å²) in [5, 5.41) is 13.1. The highest BCUT2D eigenvalue weighted by molar-refractivity contribution is 7.99. The first-order valence-corrected chi connectivity index (χ1v) is 7.57. The molecule has 0 bridgehead atoms. The molecule has 0 saturated carbocycles. The molecule has 0 aromatic heterocycles. The van der Waals surface area contributed by atoms with Crippen LogP contribution in [0.2, 0.25) is 0 Å². The van der Waals surface area contributed by atoms with Gasteiger partial charge in [0.25, 0.3) is 0 Å². The smallest absolute Gasteiger partial charge is 0.220 e. The molecule has 96 valence electrons. The number of hydrogen-bond acceptors (Lipinski definition) is 3. The second kappa shape index (κ2) is 5.91. The van der Waals surface area contributed by atoms with Crippen molar-refractivity contribution in [2.75, 3.05) is 18.1 Å². The monoisotopic (exact) mass is 255 g/mol. The Labute approximate surface area is 107 Å². The third kappa shape index (κ3) is 4.03. The molecule has 1 saturated heterocycles. The third-order valence-corrected chi connectivity index (χ3v) is 4.58. The molecule has 4 heteroatoms. The molecule has 0 spiro atoms. The highest BCUT2D eigenvalue weighted by Gasteiger charge is 2.29. The fraction of sp³-hybridized carbons (Fsp3) is 0.769. The van der Waals surface area contributed by atoms with Gasteiger partial charge in [0.1, 0.15) is 0 Å². The molecule has 2 rings (SSSR count). The molecule has 1 heterocycles. The number of carbonyl (C=O) groups excluding carboxylic acids is 1. The molecule has 1 amide bonds. The van der Waals surface area contributed by atoms with Crippen LogP contribution in [0.3, 0.4) is 0 Å². The topological polar surface area (TPSA) is 49.3 Å². The van der Waals surface area contributed by atoms with Crippen LogP contribution < -0.4 is 5.32 Å². The van der Waals surface area contributed by atoms with Gasteiger partial charge in [-0.3, -0.25) is 4.79 Å². The lowest BCUT2D eigenvalue weighted by Crippen LogP contribution is -2.45. The number of nitrogens with one attached hydrogen (secondary N) is 1. The van der Waals surface area contributed by atoms with Crippen molar-refractivity contribution < 1.29 is 9.90 Å². The van der Waals surface area contributed by atoms with E-state index in [9.17, 15) is 9.90 Å². The Morgan fingerprint density at radius 2 is 2.24 bits per heavy atom. The summed E-state index contributed by atoms with van der Waals surface area (Å²) < 4.78 is 0. The number of thioether (sulfide) groups is 1. The molecule has 1 aliphatic carbocycles. The van der Waals surface area contributed by atoms with Crippen molar-refractivity contribution in [1.82, 2.24) is 5.32 Å². The van der Waals surface area contributed by atoms with Gasteiger partial charge in [0.05, 0.1) is 5.60 Å². The van der Waals surface area contributed by atoms with E-state index >= 15 is 0 Å². The van der Waals surface area contributed by atoms with Crippen LogP contribution in [0, 0.1) is 5.92 Å². The fourth-order valence-electron chi connectivity index (χ4n) is 2.37. The summed E-state index contributed by atoms with van der Waals surface area (Å²) in [5.41, 5.74) is -0.660. The zero-order valence-electron chi connectivity index (χ0n) is 10.2. The van der Waals surface area contributed by atoms with Crippen LogP contribution in [0.25, 0.3) is 0 Å². The van der Waals surface area contributed by atoms with Crippen LogP contribution >= 0.6 is 11.8 Å². The van der Waals surface area contributed by atoms with E-state index in [2.05, 4.69) is 17.5 Å². The molecular weight excluding hydrogens is 234 g/mol. The van der Waals surface area contributed by atoms with Crippen LogP contribution in [-0.4, -0.2) is 34.7 Å². The molecule has 17 heavy (non-hydrogen) atoms. The first-order valence-electron chi connectivity index (χ1n) is 6.41. The second-order valence-electron chi connectivity index (χ2n) is 5.08. The normalized spacial score (nSPS) is 27.0. The van der Waals surface area contributed by atoms with Gasteiger partial charge < -0.3 is 10.4 Å². The van der Waals surface area contributed by atoms with Crippen molar-refractivity contribution in [1.29, 1.82) is 0 Å². The minimum absolute atomic E-state index is 0.0770. The Morgan fingerprint density at radius 3 is 2.88 bits per heavy atom. The highest BCUT2D eigenvalue weighted by Crippen LogP contribution is 2.26. The van der Waals surface area contributed by atoms with Crippen molar-refractivity contribution in [3.63, 3.8) is 0 Å². The van der Waals surface area contributed by atoms with E-state index in [1.807, 2.05) is 11.8 Å². The Kier molecular flexibility index (Phi) is 4.51. The quantitative estimate of drug-likeness (QED) is 0.752. The van der Waals surface area contributed by atoms with E-state index in [-0.39, 0.29) is 5.91 Å². The molecular formula is C13H21NO2S. The number of amides is 1. The summed E-state index contributed by atoms with van der Waals surface area (Å²) in [4.78, 5) is 11.7. The summed E-state index contributed by atoms with van der Waals surface area (Å²) in [7, 11) is 0. The van der Waals surface area contributed by atoms with Crippen LogP contribution in [0.4, 0.5) is 0 Å². The van der Waals surface area contributed by atoms with E-state index in [1.54, 1.807) is 0 Å². The molecule has 3 nitrogen and oxygen atoms in total. The Balaban J connectivity index is 1.69. The molecule has 0 radical (unpaired) electrons. The van der Waals surface area contributed by atoms with Gasteiger partial charge in [0.15, 0.2) is 0 Å². The predicted octanol–water partition coefficient (Wildman–Crippen LogP) is 1.72. The Morgan fingerprint density at radius 1 is 1.47 bits per heavy atom. The molecule has 2 aliphatic rings. The summed E-state index contributed by atoms with van der Waals surface area (Å²) in [6.45, 7) is 0.419. The lowest BCUT2D eigenvalue weighted by molar-refractivity contribution is -0.123. The largest absolute Gasteiger partial charge is 0.388 e. The van der Waals surface area contributed by atoms with Crippen LogP contribution in [-0.2, 0) is 4.79 Å². The van der Waals surface area contributed by atoms with Crippen LogP contribution in [0.5, 0.6) is 0 Å². The van der Waals surface area contributed by atoms with Crippen molar-refractivity contribution in [3.05, 3.63) is 12.2 Å². The van der Waals surface area contributed by atoms with E-state index in [1.165, 1.54) is 0 Å². The molecule has 1 aliphatic heterocycles. The first kappa shape index (κ1) is 13.0. The first-order chi connectivity index (χ1) is 8.18. The number of rotatable bonds is 4. The number of hydrogen-bond donors (Lipinski definition) is 2. The van der Waals surface area contributed by atoms with Crippen molar-refractivity contribution in [3.8, 4) is 0 Å². The maximum absolute atomic E-state index is 11.7. The van der Waals surface area contributed by atoms with E-state index in [4.69, 9.17) is 0 Å². The van der Waals surface area contributed by atoms with E-state index in [0.29, 0.717) is 18.9 Å². The average Bonchev–Trinajstić information content (AvgIpc) is 2.80. The van der Waals surface area contributed by atoms with Gasteiger partial charge in [-0.25, -0.2) is 0 Å². The molecule has 1 atom stereocenters. The second-order valence-corrected chi connectivity index (χ2v) is 6.31. The third-order valence-electron chi connectivity index (χ3n) is 3.60. The summed E-state index contributed by atoms with van der Waals surface area (Å²) in [6.07, 6.45) is 8.62. The average molecular weight is 255 g/mol. The summed E-state index contributed by atoms with van der Waals surface area (Å²) in [6, 6.07) is 0. The van der Waals surface area contributed by atoms with Gasteiger partial charge in [-0.05, 0) is 43.1 Å². The maximum atomic E-state index is 11.7. The van der Waals surface area contributed by atoms with Gasteiger partial charge in [-0.15, -0.1) is 0 Å². The minimum Gasteiger partial charge on any atom is -0.388 e. The number of aliphatic hydroxyl groups is 1. The molecule has 0 aromatic rings. The van der Waals surface area contributed by atoms with Gasteiger partial charge in [-0.2, -0.15) is 11.8 Å². The summed E-state index contributed by atoms with van der Waals surface area (Å²) >= 11 is 1.88. The van der Waals surface area contributed by atoms with Gasteiger partial charge in [0, 0.05) is 13.0 Å². The van der Waals surface area contributed by atoms with Crippen LogP contribution in [0.15, 0.2) is 12.2 Å². The van der Waals surface area contributed by atoms with Crippen molar-refractivity contribution >= 4 is 17.7 Å². The number of allylic oxidation sites excluding steroid dienone is 2. The molecule has 1 unspecified atom stereocenters. The minimum atomic E-state index is -0.660. The Bertz CT molecular complexity index is 298. The SMILES string of the molecule is O=C(CC1C=CCC1)NCC1(O)CCSCC1. The molecule has 2 N–H and O–H groups in total. The van der Waals surface area contributed by atoms with Crippen LogP contribution in [0.1, 0.15) is 32.1 Å². The zero-order valence-corrected chi connectivity index (χ0v) is 11.0. The lowest BCUT2D eigenvalue weighted by atomic mass is 9.96. The summed E-state index contributed by atoms with van der Waals surface area (Å²) in [5.74, 6) is 2.48. The molecule has 0 aromatic carbocycles. The van der Waals surface area contributed by atoms with Gasteiger partial charge in [-0.1, -0.05) is 12.2 Å². The predicted molar refractivity (Wildman–Crippen MR) is 71.0 cm³/mol. The van der Waals surface area contributed by atoms with E-state index in [0.717, 1.165) is 37.2 Å². The van der Waals surface area contributed by atoms with Gasteiger partial charge >= 0.3 is 0 Å². The lowest BCUT2D eigenvalue weighted by Gasteiger charge is -2.31. The van der Waals surface area contributed by atoms with E-state index < -0.39 is 5.60 Å². The molecule has 1 fully saturated rings. The maximum Gasteiger partial charge on any atom is 0.220 e. The highest BCUT2D eigenvalue weighted by atomic mass is 32.2. The Hall–Kier alpha value is -0.480.